The van der Waals surface area contributed by atoms with Crippen LogP contribution in [-0.2, 0) is 16.0 Å². The van der Waals surface area contributed by atoms with Crippen molar-refractivity contribution in [2.75, 3.05) is 25.1 Å². The fraction of sp³-hybridized carbons (Fsp3) is 0.481. The average molecular weight is 453 g/mol. The van der Waals surface area contributed by atoms with Crippen molar-refractivity contribution in [3.05, 3.63) is 54.1 Å². The Hall–Kier alpha value is -2.86. The minimum atomic E-state index is -0.950. The van der Waals surface area contributed by atoms with E-state index in [4.69, 9.17) is 4.74 Å². The number of benzene rings is 2. The van der Waals surface area contributed by atoms with Crippen molar-refractivity contribution >= 4 is 17.7 Å². The second kappa shape index (κ2) is 12.4. The van der Waals surface area contributed by atoms with Crippen LogP contribution in [0.4, 0.5) is 10.5 Å². The molecule has 6 heteroatoms. The first-order valence-corrected chi connectivity index (χ1v) is 12.0. The lowest BCUT2D eigenvalue weighted by atomic mass is 9.87. The summed E-state index contributed by atoms with van der Waals surface area (Å²) in [5, 5.41) is 12.3. The molecule has 1 saturated carbocycles. The Morgan fingerprint density at radius 2 is 1.82 bits per heavy atom. The minimum Gasteiger partial charge on any atom is -0.479 e. The first-order valence-electron chi connectivity index (χ1n) is 12.0. The van der Waals surface area contributed by atoms with E-state index in [1.165, 1.54) is 32.1 Å². The van der Waals surface area contributed by atoms with Gasteiger partial charge >= 0.3 is 12.0 Å². The molecule has 0 aliphatic heterocycles. The van der Waals surface area contributed by atoms with Gasteiger partial charge in [-0.2, -0.15) is 0 Å². The number of nitrogens with zero attached hydrogens (tertiary/aromatic N) is 1. The van der Waals surface area contributed by atoms with E-state index in [1.807, 2.05) is 48.5 Å². The quantitative estimate of drug-likeness (QED) is 0.499. The number of aliphatic carboxylic acids is 1. The molecule has 0 spiro atoms. The molecule has 6 nitrogen and oxygen atoms in total. The molecule has 0 bridgehead atoms. The zero-order valence-corrected chi connectivity index (χ0v) is 19.8. The van der Waals surface area contributed by atoms with Crippen LogP contribution in [-0.4, -0.2) is 43.4 Å². The van der Waals surface area contributed by atoms with Gasteiger partial charge in [0.25, 0.3) is 0 Å². The van der Waals surface area contributed by atoms with Crippen LogP contribution in [0.5, 0.6) is 0 Å². The van der Waals surface area contributed by atoms with Gasteiger partial charge in [0.05, 0.1) is 0 Å². The molecule has 0 saturated heterocycles. The number of hydrogen-bond acceptors (Lipinski definition) is 3. The molecule has 3 rings (SSSR count). The van der Waals surface area contributed by atoms with Gasteiger partial charge in [-0.3, -0.25) is 4.90 Å². The number of hydrogen-bond donors (Lipinski definition) is 2. The van der Waals surface area contributed by atoms with Crippen molar-refractivity contribution in [2.45, 2.75) is 58.0 Å². The van der Waals surface area contributed by atoms with E-state index in [-0.39, 0.29) is 6.03 Å². The van der Waals surface area contributed by atoms with Crippen molar-refractivity contribution in [1.82, 2.24) is 5.32 Å². The van der Waals surface area contributed by atoms with Gasteiger partial charge in [-0.25, -0.2) is 9.59 Å². The standard InChI is InChI=1S/C27H36N2O4/c1-3-33-25(26(30)31)18-21-12-14-22(15-13-21)23-10-7-11-24(19-23)29(2)27(32)28-17-16-20-8-5-4-6-9-20/h7,10-15,19-20,25H,3-6,8-9,16-18H2,1-2H3,(H,28,32)(H,30,31)/t25-/m0/s1. The highest BCUT2D eigenvalue weighted by Gasteiger charge is 2.18. The van der Waals surface area contributed by atoms with Gasteiger partial charge in [-0.15, -0.1) is 0 Å². The molecule has 33 heavy (non-hydrogen) atoms. The van der Waals surface area contributed by atoms with Gasteiger partial charge in [-0.1, -0.05) is 68.5 Å². The minimum absolute atomic E-state index is 0.0889. The highest BCUT2D eigenvalue weighted by Crippen LogP contribution is 2.27. The summed E-state index contributed by atoms with van der Waals surface area (Å²) in [5.74, 6) is -0.205. The number of nitrogens with one attached hydrogen (secondary N) is 1. The highest BCUT2D eigenvalue weighted by molar-refractivity contribution is 5.92. The van der Waals surface area contributed by atoms with Gasteiger partial charge in [0.2, 0.25) is 0 Å². The SMILES string of the molecule is CCO[C@@H](Cc1ccc(-c2cccc(N(C)C(=O)NCCC3CCCCC3)c2)cc1)C(=O)O. The number of rotatable bonds is 10. The fourth-order valence-corrected chi connectivity index (χ4v) is 4.46. The molecule has 0 heterocycles. The lowest BCUT2D eigenvalue weighted by molar-refractivity contribution is -0.149. The second-order valence-corrected chi connectivity index (χ2v) is 8.82. The first-order chi connectivity index (χ1) is 16.0. The Labute approximate surface area is 196 Å². The summed E-state index contributed by atoms with van der Waals surface area (Å²) >= 11 is 0. The molecule has 1 atom stereocenters. The van der Waals surface area contributed by atoms with E-state index in [9.17, 15) is 14.7 Å². The third kappa shape index (κ3) is 7.32. The zero-order chi connectivity index (χ0) is 23.6. The maximum Gasteiger partial charge on any atom is 0.333 e. The number of carboxylic acid groups (broad SMARTS) is 1. The molecule has 2 N–H and O–H groups in total. The van der Waals surface area contributed by atoms with Crippen molar-refractivity contribution in [2.24, 2.45) is 5.92 Å². The molecule has 2 aromatic carbocycles. The smallest absolute Gasteiger partial charge is 0.333 e. The monoisotopic (exact) mass is 452 g/mol. The molecule has 0 aromatic heterocycles. The van der Waals surface area contributed by atoms with Crippen LogP contribution < -0.4 is 10.2 Å². The molecule has 1 aliphatic carbocycles. The molecule has 2 aromatic rings. The second-order valence-electron chi connectivity index (χ2n) is 8.82. The van der Waals surface area contributed by atoms with Crippen LogP contribution in [0.2, 0.25) is 0 Å². The summed E-state index contributed by atoms with van der Waals surface area (Å²) in [6.07, 6.45) is 7.10. The van der Waals surface area contributed by atoms with Gasteiger partial charge in [0, 0.05) is 32.3 Å². The van der Waals surface area contributed by atoms with Crippen molar-refractivity contribution in [1.29, 1.82) is 0 Å². The van der Waals surface area contributed by atoms with Crippen LogP contribution in [0.1, 0.15) is 51.0 Å². The highest BCUT2D eigenvalue weighted by atomic mass is 16.5. The number of carbonyl (C=O) groups excluding carboxylic acids is 1. The number of carbonyl (C=O) groups is 2. The van der Waals surface area contributed by atoms with Crippen molar-refractivity contribution in [3.63, 3.8) is 0 Å². The van der Waals surface area contributed by atoms with E-state index in [1.54, 1.807) is 18.9 Å². The summed E-state index contributed by atoms with van der Waals surface area (Å²) in [4.78, 5) is 25.6. The van der Waals surface area contributed by atoms with Gasteiger partial charge in [-0.05, 0) is 48.1 Å². The summed E-state index contributed by atoms with van der Waals surface area (Å²) in [5.41, 5.74) is 3.75. The van der Waals surface area contributed by atoms with Gasteiger partial charge in [0.1, 0.15) is 0 Å². The average Bonchev–Trinajstić information content (AvgIpc) is 2.84. The number of amides is 2. The number of anilines is 1. The van der Waals surface area contributed by atoms with Crippen molar-refractivity contribution < 1.29 is 19.4 Å². The maximum absolute atomic E-state index is 12.6. The molecule has 1 aliphatic rings. The van der Waals surface area contributed by atoms with Crippen LogP contribution in [0.15, 0.2) is 48.5 Å². The molecule has 0 unspecified atom stereocenters. The summed E-state index contributed by atoms with van der Waals surface area (Å²) in [6.45, 7) is 2.87. The fourth-order valence-electron chi connectivity index (χ4n) is 4.46. The van der Waals surface area contributed by atoms with Gasteiger partial charge < -0.3 is 15.2 Å². The van der Waals surface area contributed by atoms with E-state index >= 15 is 0 Å². The van der Waals surface area contributed by atoms with Gasteiger partial charge in [0.15, 0.2) is 6.10 Å². The Kier molecular flexibility index (Phi) is 9.31. The third-order valence-corrected chi connectivity index (χ3v) is 6.44. The topological polar surface area (TPSA) is 78.9 Å². The van der Waals surface area contributed by atoms with E-state index in [0.717, 1.165) is 34.7 Å². The molecule has 1 fully saturated rings. The summed E-state index contributed by atoms with van der Waals surface area (Å²) < 4.78 is 5.31. The Morgan fingerprint density at radius 3 is 2.48 bits per heavy atom. The molecule has 178 valence electrons. The van der Waals surface area contributed by atoms with Crippen LogP contribution in [0, 0.1) is 5.92 Å². The van der Waals surface area contributed by atoms with Crippen LogP contribution in [0.25, 0.3) is 11.1 Å². The van der Waals surface area contributed by atoms with Crippen LogP contribution >= 0.6 is 0 Å². The number of urea groups is 1. The zero-order valence-electron chi connectivity index (χ0n) is 19.8. The summed E-state index contributed by atoms with van der Waals surface area (Å²) in [7, 11) is 1.79. The molecular formula is C27H36N2O4. The predicted octanol–water partition coefficient (Wildman–Crippen LogP) is 5.50. The van der Waals surface area contributed by atoms with Crippen LogP contribution in [0.3, 0.4) is 0 Å². The Morgan fingerprint density at radius 1 is 1.09 bits per heavy atom. The number of carboxylic acids is 1. The van der Waals surface area contributed by atoms with E-state index in [0.29, 0.717) is 19.6 Å². The number of ether oxygens (including phenoxy) is 1. The van der Waals surface area contributed by atoms with E-state index in [2.05, 4.69) is 5.32 Å². The Bertz CT molecular complexity index is 907. The van der Waals surface area contributed by atoms with E-state index < -0.39 is 12.1 Å². The third-order valence-electron chi connectivity index (χ3n) is 6.44. The molecule has 2 amide bonds. The predicted molar refractivity (Wildman–Crippen MR) is 132 cm³/mol. The molecular weight excluding hydrogens is 416 g/mol. The normalized spacial score (nSPS) is 15.1. The summed E-state index contributed by atoms with van der Waals surface area (Å²) in [6, 6.07) is 15.6. The maximum atomic E-state index is 12.6. The first kappa shape index (κ1) is 24.8. The lowest BCUT2D eigenvalue weighted by Gasteiger charge is -2.23. The Balaban J connectivity index is 1.58. The lowest BCUT2D eigenvalue weighted by Crippen LogP contribution is -2.38. The van der Waals surface area contributed by atoms with Crippen molar-refractivity contribution in [3.8, 4) is 11.1 Å². The molecule has 0 radical (unpaired) electrons. The largest absolute Gasteiger partial charge is 0.479 e.